The number of fused-ring (bicyclic) bond motifs is 1. The molecule has 0 fully saturated rings. The van der Waals surface area contributed by atoms with Crippen LogP contribution < -0.4 is 5.32 Å². The Kier molecular flexibility index (Phi) is 2.82. The maximum absolute atomic E-state index is 13.8. The summed E-state index contributed by atoms with van der Waals surface area (Å²) in [6.07, 6.45) is 4.79. The normalized spacial score (nSPS) is 18.4. The second kappa shape index (κ2) is 4.48. The van der Waals surface area contributed by atoms with Crippen molar-refractivity contribution < 1.29 is 8.81 Å². The molecule has 1 aromatic carbocycles. The molecule has 2 aromatic rings. The highest BCUT2D eigenvalue weighted by Gasteiger charge is 2.23. The molecule has 1 aliphatic carbocycles. The maximum atomic E-state index is 13.8. The van der Waals surface area contributed by atoms with Gasteiger partial charge in [-0.15, -0.1) is 0 Å². The molecule has 18 heavy (non-hydrogen) atoms. The van der Waals surface area contributed by atoms with Gasteiger partial charge >= 0.3 is 0 Å². The smallest absolute Gasteiger partial charge is 0.146 e. The Balaban J connectivity index is 1.91. The molecule has 94 valence electrons. The van der Waals surface area contributed by atoms with Gasteiger partial charge < -0.3 is 9.73 Å². The molecular weight excluding hydrogens is 229 g/mol. The average Bonchev–Trinajstić information content (AvgIpc) is 2.83. The first kappa shape index (κ1) is 11.3. The highest BCUT2D eigenvalue weighted by molar-refractivity contribution is 5.53. The number of aryl methyl sites for hydroxylation is 2. The third kappa shape index (κ3) is 1.90. The van der Waals surface area contributed by atoms with Gasteiger partial charge in [0, 0.05) is 12.0 Å². The van der Waals surface area contributed by atoms with E-state index in [1.807, 2.05) is 19.1 Å². The quantitative estimate of drug-likeness (QED) is 0.857. The van der Waals surface area contributed by atoms with Gasteiger partial charge in [-0.05, 0) is 37.5 Å². The lowest BCUT2D eigenvalue weighted by Gasteiger charge is -2.24. The van der Waals surface area contributed by atoms with E-state index in [-0.39, 0.29) is 11.9 Å². The molecule has 0 amide bonds. The Morgan fingerprint density at radius 3 is 3.06 bits per heavy atom. The predicted octanol–water partition coefficient (Wildman–Crippen LogP) is 4.22. The number of para-hydroxylation sites is 1. The first-order valence-corrected chi connectivity index (χ1v) is 6.33. The Morgan fingerprint density at radius 1 is 1.33 bits per heavy atom. The number of hydrogen-bond acceptors (Lipinski definition) is 2. The first-order valence-electron chi connectivity index (χ1n) is 6.33. The lowest BCUT2D eigenvalue weighted by atomic mass is 9.93. The van der Waals surface area contributed by atoms with Crippen LogP contribution in [0, 0.1) is 12.7 Å². The number of rotatable bonds is 2. The van der Waals surface area contributed by atoms with Crippen molar-refractivity contribution in [2.75, 3.05) is 5.32 Å². The fourth-order valence-electron chi connectivity index (χ4n) is 2.63. The van der Waals surface area contributed by atoms with Gasteiger partial charge in [-0.3, -0.25) is 0 Å². The number of anilines is 1. The number of halogens is 1. The van der Waals surface area contributed by atoms with Crippen molar-refractivity contribution in [1.82, 2.24) is 0 Å². The maximum Gasteiger partial charge on any atom is 0.146 e. The average molecular weight is 245 g/mol. The molecule has 0 spiro atoms. The lowest BCUT2D eigenvalue weighted by Crippen LogP contribution is -2.17. The summed E-state index contributed by atoms with van der Waals surface area (Å²) >= 11 is 0. The molecule has 0 aliphatic heterocycles. The second-order valence-corrected chi connectivity index (χ2v) is 4.82. The minimum absolute atomic E-state index is 0.156. The van der Waals surface area contributed by atoms with Crippen molar-refractivity contribution in [3.8, 4) is 0 Å². The van der Waals surface area contributed by atoms with Gasteiger partial charge in [-0.1, -0.05) is 12.1 Å². The molecule has 1 unspecified atom stereocenters. The largest absolute Gasteiger partial charge is 0.469 e. The van der Waals surface area contributed by atoms with Crippen LogP contribution in [-0.4, -0.2) is 0 Å². The van der Waals surface area contributed by atoms with E-state index in [1.54, 1.807) is 12.3 Å². The Bertz CT molecular complexity index is 541. The van der Waals surface area contributed by atoms with Gasteiger partial charge in [0.15, 0.2) is 0 Å². The summed E-state index contributed by atoms with van der Waals surface area (Å²) in [5.74, 6) is 0.846. The Hall–Kier alpha value is -1.77. The van der Waals surface area contributed by atoms with Gasteiger partial charge in [0.2, 0.25) is 0 Å². The third-order valence-electron chi connectivity index (χ3n) is 3.59. The molecule has 0 bridgehead atoms. The van der Waals surface area contributed by atoms with E-state index in [2.05, 4.69) is 5.32 Å². The SMILES string of the molecule is Cc1cccc(F)c1NC1CCCc2occc21. The van der Waals surface area contributed by atoms with Crippen LogP contribution >= 0.6 is 0 Å². The zero-order valence-corrected chi connectivity index (χ0v) is 10.4. The van der Waals surface area contributed by atoms with Crippen molar-refractivity contribution in [2.45, 2.75) is 32.2 Å². The summed E-state index contributed by atoms with van der Waals surface area (Å²) in [6.45, 7) is 1.92. The zero-order chi connectivity index (χ0) is 12.5. The highest BCUT2D eigenvalue weighted by Crippen LogP contribution is 2.34. The van der Waals surface area contributed by atoms with Crippen LogP contribution in [0.2, 0.25) is 0 Å². The van der Waals surface area contributed by atoms with Gasteiger partial charge in [0.1, 0.15) is 11.6 Å². The molecule has 3 rings (SSSR count). The van der Waals surface area contributed by atoms with Crippen LogP contribution in [-0.2, 0) is 6.42 Å². The van der Waals surface area contributed by atoms with Crippen molar-refractivity contribution in [2.24, 2.45) is 0 Å². The van der Waals surface area contributed by atoms with E-state index in [9.17, 15) is 4.39 Å². The fraction of sp³-hybridized carbons (Fsp3) is 0.333. The number of furan rings is 1. The molecule has 3 heteroatoms. The zero-order valence-electron chi connectivity index (χ0n) is 10.4. The minimum atomic E-state index is -0.189. The summed E-state index contributed by atoms with van der Waals surface area (Å²) in [5, 5.41) is 3.32. The molecule has 1 N–H and O–H groups in total. The van der Waals surface area contributed by atoms with E-state index in [0.717, 1.165) is 30.6 Å². The summed E-state index contributed by atoms with van der Waals surface area (Å²) in [7, 11) is 0. The standard InChI is InChI=1S/C15H16FNO/c1-10-4-2-5-12(16)15(10)17-13-6-3-7-14-11(13)8-9-18-14/h2,4-5,8-9,13,17H,3,6-7H2,1H3. The van der Waals surface area contributed by atoms with Crippen LogP contribution in [0.15, 0.2) is 34.9 Å². The van der Waals surface area contributed by atoms with Crippen LogP contribution in [0.1, 0.15) is 35.8 Å². The van der Waals surface area contributed by atoms with Crippen molar-refractivity contribution in [3.63, 3.8) is 0 Å². The molecule has 1 heterocycles. The first-order chi connectivity index (χ1) is 8.75. The number of hydrogen-bond donors (Lipinski definition) is 1. The highest BCUT2D eigenvalue weighted by atomic mass is 19.1. The van der Waals surface area contributed by atoms with Gasteiger partial charge in [-0.25, -0.2) is 4.39 Å². The predicted molar refractivity (Wildman–Crippen MR) is 69.1 cm³/mol. The van der Waals surface area contributed by atoms with E-state index in [0.29, 0.717) is 5.69 Å². The minimum Gasteiger partial charge on any atom is -0.469 e. The molecule has 1 aromatic heterocycles. The molecule has 1 aliphatic rings. The molecular formula is C15H16FNO. The van der Waals surface area contributed by atoms with E-state index >= 15 is 0 Å². The second-order valence-electron chi connectivity index (χ2n) is 4.82. The summed E-state index contributed by atoms with van der Waals surface area (Å²) in [4.78, 5) is 0. The van der Waals surface area contributed by atoms with Crippen LogP contribution in [0.3, 0.4) is 0 Å². The summed E-state index contributed by atoms with van der Waals surface area (Å²) in [5.41, 5.74) is 2.71. The van der Waals surface area contributed by atoms with Gasteiger partial charge in [0.05, 0.1) is 18.0 Å². The molecule has 0 radical (unpaired) electrons. The summed E-state index contributed by atoms with van der Waals surface area (Å²) < 4.78 is 19.3. The Morgan fingerprint density at radius 2 is 2.22 bits per heavy atom. The van der Waals surface area contributed by atoms with Crippen molar-refractivity contribution >= 4 is 5.69 Å². The van der Waals surface area contributed by atoms with Crippen molar-refractivity contribution in [3.05, 3.63) is 53.2 Å². The molecule has 2 nitrogen and oxygen atoms in total. The van der Waals surface area contributed by atoms with Crippen LogP contribution in [0.4, 0.5) is 10.1 Å². The van der Waals surface area contributed by atoms with Crippen LogP contribution in [0.5, 0.6) is 0 Å². The third-order valence-corrected chi connectivity index (χ3v) is 3.59. The monoisotopic (exact) mass is 245 g/mol. The topological polar surface area (TPSA) is 25.2 Å². The number of benzene rings is 1. The molecule has 0 saturated heterocycles. The van der Waals surface area contributed by atoms with Gasteiger partial charge in [0.25, 0.3) is 0 Å². The van der Waals surface area contributed by atoms with E-state index in [4.69, 9.17) is 4.42 Å². The number of nitrogens with one attached hydrogen (secondary N) is 1. The molecule has 1 atom stereocenters. The van der Waals surface area contributed by atoms with Crippen LogP contribution in [0.25, 0.3) is 0 Å². The Labute approximate surface area is 106 Å². The van der Waals surface area contributed by atoms with Crippen molar-refractivity contribution in [1.29, 1.82) is 0 Å². The van der Waals surface area contributed by atoms with E-state index in [1.165, 1.54) is 11.6 Å². The summed E-state index contributed by atoms with van der Waals surface area (Å²) in [6, 6.07) is 7.30. The van der Waals surface area contributed by atoms with Gasteiger partial charge in [-0.2, -0.15) is 0 Å². The van der Waals surface area contributed by atoms with E-state index < -0.39 is 0 Å². The molecule has 0 saturated carbocycles. The fourth-order valence-corrected chi connectivity index (χ4v) is 2.63. The lowest BCUT2D eigenvalue weighted by molar-refractivity contribution is 0.460.